The first-order chi connectivity index (χ1) is 5.41. The lowest BCUT2D eigenvalue weighted by Gasteiger charge is -2.36. The predicted molar refractivity (Wildman–Crippen MR) is 47.8 cm³/mol. The Morgan fingerprint density at radius 2 is 2.00 bits per heavy atom. The first kappa shape index (κ1) is 9.72. The standard InChI is InChI=1S/C10H18O2/c1-10(2,3)8-6-7(11)4-5-9(8)12/h8-9,12H,4-6H2,1-3H3/t8-,9+/m1/s1. The van der Waals surface area contributed by atoms with Crippen molar-refractivity contribution in [3.63, 3.8) is 0 Å². The van der Waals surface area contributed by atoms with Crippen molar-refractivity contribution in [2.24, 2.45) is 11.3 Å². The molecule has 1 aliphatic carbocycles. The third-order valence-electron chi connectivity index (χ3n) is 2.74. The zero-order chi connectivity index (χ0) is 9.35. The molecule has 1 saturated carbocycles. The highest BCUT2D eigenvalue weighted by molar-refractivity contribution is 5.79. The van der Waals surface area contributed by atoms with Crippen LogP contribution in [0.2, 0.25) is 0 Å². The number of ketones is 1. The monoisotopic (exact) mass is 170 g/mol. The average Bonchev–Trinajstić information content (AvgIpc) is 1.92. The molecule has 0 amide bonds. The second-order valence-corrected chi connectivity index (χ2v) is 4.82. The molecule has 0 saturated heterocycles. The minimum atomic E-state index is -0.275. The van der Waals surface area contributed by atoms with Gasteiger partial charge in [-0.1, -0.05) is 20.8 Å². The van der Waals surface area contributed by atoms with Gasteiger partial charge in [-0.25, -0.2) is 0 Å². The smallest absolute Gasteiger partial charge is 0.133 e. The van der Waals surface area contributed by atoms with Gasteiger partial charge in [0.05, 0.1) is 6.10 Å². The van der Waals surface area contributed by atoms with Gasteiger partial charge in [0.25, 0.3) is 0 Å². The van der Waals surface area contributed by atoms with Crippen LogP contribution in [0.4, 0.5) is 0 Å². The van der Waals surface area contributed by atoms with Crippen molar-refractivity contribution in [2.45, 2.75) is 46.1 Å². The molecule has 0 aromatic carbocycles. The number of rotatable bonds is 0. The predicted octanol–water partition coefficient (Wildman–Crippen LogP) is 1.76. The molecular weight excluding hydrogens is 152 g/mol. The largest absolute Gasteiger partial charge is 0.393 e. The molecule has 2 atom stereocenters. The van der Waals surface area contributed by atoms with Crippen molar-refractivity contribution in [3.8, 4) is 0 Å². The molecule has 0 heterocycles. The van der Waals surface area contributed by atoms with Crippen LogP contribution in [0.25, 0.3) is 0 Å². The molecule has 1 fully saturated rings. The second kappa shape index (κ2) is 3.17. The fourth-order valence-electron chi connectivity index (χ4n) is 1.88. The number of hydrogen-bond acceptors (Lipinski definition) is 2. The van der Waals surface area contributed by atoms with Crippen LogP contribution < -0.4 is 0 Å². The lowest BCUT2D eigenvalue weighted by Crippen LogP contribution is -2.37. The number of carbonyl (C=O) groups excluding carboxylic acids is 1. The molecule has 2 heteroatoms. The van der Waals surface area contributed by atoms with E-state index in [1.165, 1.54) is 0 Å². The van der Waals surface area contributed by atoms with Gasteiger partial charge in [-0.05, 0) is 17.8 Å². The van der Waals surface area contributed by atoms with Gasteiger partial charge in [0.15, 0.2) is 0 Å². The molecular formula is C10H18O2. The molecule has 0 aromatic rings. The van der Waals surface area contributed by atoms with Crippen LogP contribution in [0.3, 0.4) is 0 Å². The van der Waals surface area contributed by atoms with Crippen LogP contribution in [0.5, 0.6) is 0 Å². The van der Waals surface area contributed by atoms with Gasteiger partial charge in [-0.2, -0.15) is 0 Å². The summed E-state index contributed by atoms with van der Waals surface area (Å²) in [6.45, 7) is 6.25. The van der Waals surface area contributed by atoms with Crippen molar-refractivity contribution in [1.82, 2.24) is 0 Å². The summed E-state index contributed by atoms with van der Waals surface area (Å²) in [5, 5.41) is 9.67. The number of hydrogen-bond donors (Lipinski definition) is 1. The van der Waals surface area contributed by atoms with E-state index >= 15 is 0 Å². The number of aliphatic hydroxyl groups is 1. The maximum absolute atomic E-state index is 11.2. The van der Waals surface area contributed by atoms with Crippen LogP contribution in [0.1, 0.15) is 40.0 Å². The highest BCUT2D eigenvalue weighted by Crippen LogP contribution is 2.36. The van der Waals surface area contributed by atoms with Crippen molar-refractivity contribution in [2.75, 3.05) is 0 Å². The lowest BCUT2D eigenvalue weighted by atomic mass is 9.70. The van der Waals surface area contributed by atoms with Gasteiger partial charge < -0.3 is 5.11 Å². The summed E-state index contributed by atoms with van der Waals surface area (Å²) < 4.78 is 0. The molecule has 70 valence electrons. The van der Waals surface area contributed by atoms with Crippen molar-refractivity contribution in [3.05, 3.63) is 0 Å². The second-order valence-electron chi connectivity index (χ2n) is 4.82. The van der Waals surface area contributed by atoms with E-state index in [2.05, 4.69) is 20.8 Å². The van der Waals surface area contributed by atoms with Gasteiger partial charge in [0.2, 0.25) is 0 Å². The Labute approximate surface area is 74.0 Å². The molecule has 0 bridgehead atoms. The van der Waals surface area contributed by atoms with Crippen LogP contribution in [0, 0.1) is 11.3 Å². The van der Waals surface area contributed by atoms with Crippen LogP contribution >= 0.6 is 0 Å². The van der Waals surface area contributed by atoms with Gasteiger partial charge in [-0.3, -0.25) is 4.79 Å². The lowest BCUT2D eigenvalue weighted by molar-refractivity contribution is -0.127. The van der Waals surface area contributed by atoms with Crippen LogP contribution in [0.15, 0.2) is 0 Å². The van der Waals surface area contributed by atoms with E-state index in [9.17, 15) is 9.90 Å². The molecule has 1 aliphatic rings. The van der Waals surface area contributed by atoms with E-state index in [1.54, 1.807) is 0 Å². The van der Waals surface area contributed by atoms with Gasteiger partial charge >= 0.3 is 0 Å². The van der Waals surface area contributed by atoms with Gasteiger partial charge in [0.1, 0.15) is 5.78 Å². The Morgan fingerprint density at radius 3 is 2.42 bits per heavy atom. The highest BCUT2D eigenvalue weighted by atomic mass is 16.3. The summed E-state index contributed by atoms with van der Waals surface area (Å²) in [5.41, 5.74) is 0.0511. The zero-order valence-corrected chi connectivity index (χ0v) is 8.13. The van der Waals surface area contributed by atoms with Crippen LogP contribution in [-0.2, 0) is 4.79 Å². The molecule has 0 aliphatic heterocycles. The molecule has 1 rings (SSSR count). The Bertz CT molecular complexity index is 179. The van der Waals surface area contributed by atoms with Crippen molar-refractivity contribution >= 4 is 5.78 Å². The van der Waals surface area contributed by atoms with E-state index in [-0.39, 0.29) is 17.4 Å². The molecule has 1 N–H and O–H groups in total. The van der Waals surface area contributed by atoms with E-state index in [0.717, 1.165) is 0 Å². The summed E-state index contributed by atoms with van der Waals surface area (Å²) in [5.74, 6) is 0.457. The minimum absolute atomic E-state index is 0.0511. The Kier molecular flexibility index (Phi) is 2.57. The van der Waals surface area contributed by atoms with Gasteiger partial charge in [-0.15, -0.1) is 0 Å². The fraction of sp³-hybridized carbons (Fsp3) is 0.900. The average molecular weight is 170 g/mol. The Balaban J connectivity index is 2.67. The molecule has 12 heavy (non-hydrogen) atoms. The highest BCUT2D eigenvalue weighted by Gasteiger charge is 2.35. The third kappa shape index (κ3) is 2.07. The molecule has 0 aromatic heterocycles. The van der Waals surface area contributed by atoms with E-state index in [4.69, 9.17) is 0 Å². The normalized spacial score (nSPS) is 32.2. The van der Waals surface area contributed by atoms with E-state index in [1.807, 2.05) is 0 Å². The summed E-state index contributed by atoms with van der Waals surface area (Å²) in [6, 6.07) is 0. The van der Waals surface area contributed by atoms with Crippen LogP contribution in [-0.4, -0.2) is 17.0 Å². The minimum Gasteiger partial charge on any atom is -0.393 e. The molecule has 0 spiro atoms. The number of Topliss-reactive ketones (excluding diaryl/α,β-unsaturated/α-hetero) is 1. The zero-order valence-electron chi connectivity index (χ0n) is 8.13. The Morgan fingerprint density at radius 1 is 1.42 bits per heavy atom. The molecule has 2 nitrogen and oxygen atoms in total. The maximum Gasteiger partial charge on any atom is 0.133 e. The first-order valence-electron chi connectivity index (χ1n) is 4.61. The topological polar surface area (TPSA) is 37.3 Å². The van der Waals surface area contributed by atoms with E-state index in [0.29, 0.717) is 25.0 Å². The SMILES string of the molecule is CC(C)(C)[C@@H]1CC(=O)CC[C@@H]1O. The summed E-state index contributed by atoms with van der Waals surface area (Å²) >= 11 is 0. The fourth-order valence-corrected chi connectivity index (χ4v) is 1.88. The first-order valence-corrected chi connectivity index (χ1v) is 4.61. The molecule has 0 radical (unpaired) electrons. The Hall–Kier alpha value is -0.370. The van der Waals surface area contributed by atoms with E-state index < -0.39 is 0 Å². The summed E-state index contributed by atoms with van der Waals surface area (Å²) in [7, 11) is 0. The third-order valence-corrected chi connectivity index (χ3v) is 2.74. The van der Waals surface area contributed by atoms with Crippen molar-refractivity contribution in [1.29, 1.82) is 0 Å². The molecule has 0 unspecified atom stereocenters. The number of aliphatic hydroxyl groups excluding tert-OH is 1. The van der Waals surface area contributed by atoms with Crippen molar-refractivity contribution < 1.29 is 9.90 Å². The summed E-state index contributed by atoms with van der Waals surface area (Å²) in [4.78, 5) is 11.2. The summed E-state index contributed by atoms with van der Waals surface area (Å²) in [6.07, 6.45) is 1.50. The van der Waals surface area contributed by atoms with Gasteiger partial charge in [0, 0.05) is 12.8 Å². The quantitative estimate of drug-likeness (QED) is 0.601. The number of carbonyl (C=O) groups is 1. The maximum atomic E-state index is 11.2.